The fraction of sp³-hybridized carbons (Fsp3) is 1.00. The fourth-order valence-electron chi connectivity index (χ4n) is 3.43. The Labute approximate surface area is 104 Å². The van der Waals surface area contributed by atoms with Gasteiger partial charge in [-0.15, -0.1) is 0 Å². The average molecular weight is 226 g/mol. The van der Waals surface area contributed by atoms with Crippen LogP contribution >= 0.6 is 0 Å². The first kappa shape index (κ1) is 16.0. The van der Waals surface area contributed by atoms with E-state index >= 15 is 0 Å². The van der Waals surface area contributed by atoms with Crippen molar-refractivity contribution in [2.75, 3.05) is 0 Å². The summed E-state index contributed by atoms with van der Waals surface area (Å²) in [6.45, 7) is 19.2. The Kier molecular flexibility index (Phi) is 7.35. The van der Waals surface area contributed by atoms with E-state index in [1.807, 2.05) is 0 Å². The van der Waals surface area contributed by atoms with E-state index in [2.05, 4.69) is 55.4 Å². The zero-order chi connectivity index (χ0) is 12.9. The molecule has 0 heteroatoms. The van der Waals surface area contributed by atoms with Crippen LogP contribution in [-0.4, -0.2) is 0 Å². The smallest absolute Gasteiger partial charge is 0.0332 e. The molecule has 0 fully saturated rings. The lowest BCUT2D eigenvalue weighted by molar-refractivity contribution is 0.0967. The van der Waals surface area contributed by atoms with Gasteiger partial charge in [0.2, 0.25) is 0 Å². The van der Waals surface area contributed by atoms with Crippen LogP contribution in [0.3, 0.4) is 0 Å². The molecule has 0 radical (unpaired) electrons. The van der Waals surface area contributed by atoms with E-state index in [-0.39, 0.29) is 0 Å². The molecule has 0 nitrogen and oxygen atoms in total. The molecule has 16 heavy (non-hydrogen) atoms. The normalized spacial score (nSPS) is 19.9. The molecule has 0 rings (SSSR count). The first-order valence-corrected chi connectivity index (χ1v) is 7.36. The van der Waals surface area contributed by atoms with E-state index in [9.17, 15) is 0 Å². The highest BCUT2D eigenvalue weighted by molar-refractivity contribution is 4.81. The van der Waals surface area contributed by atoms with Gasteiger partial charge in [0.25, 0.3) is 0 Å². The summed E-state index contributed by atoms with van der Waals surface area (Å²) in [5.74, 6) is 5.14. The second-order valence-corrected chi connectivity index (χ2v) is 6.38. The van der Waals surface area contributed by atoms with Crippen LogP contribution in [0.4, 0.5) is 0 Å². The molecule has 0 saturated heterocycles. The quantitative estimate of drug-likeness (QED) is 0.528. The topological polar surface area (TPSA) is 0 Å². The van der Waals surface area contributed by atoms with E-state index in [4.69, 9.17) is 0 Å². The first-order chi connectivity index (χ1) is 7.36. The monoisotopic (exact) mass is 226 g/mol. The minimum atomic E-state index is 0.816. The molecule has 0 saturated carbocycles. The molecular formula is C16H34. The van der Waals surface area contributed by atoms with Crippen LogP contribution in [0, 0.1) is 35.5 Å². The maximum Gasteiger partial charge on any atom is -0.0332 e. The molecular weight excluding hydrogens is 192 g/mol. The molecule has 0 aliphatic rings. The lowest BCUT2D eigenvalue weighted by Crippen LogP contribution is -2.32. The number of hydrogen-bond acceptors (Lipinski definition) is 0. The van der Waals surface area contributed by atoms with Crippen LogP contribution in [0.15, 0.2) is 0 Å². The van der Waals surface area contributed by atoms with Crippen molar-refractivity contribution in [2.45, 2.75) is 68.2 Å². The Morgan fingerprint density at radius 2 is 1.19 bits per heavy atom. The van der Waals surface area contributed by atoms with Gasteiger partial charge >= 0.3 is 0 Å². The molecule has 0 aromatic carbocycles. The lowest BCUT2D eigenvalue weighted by Gasteiger charge is -2.39. The van der Waals surface area contributed by atoms with Crippen molar-refractivity contribution in [3.8, 4) is 0 Å². The van der Waals surface area contributed by atoms with Gasteiger partial charge in [0.15, 0.2) is 0 Å². The summed E-state index contributed by atoms with van der Waals surface area (Å²) in [6.07, 6.45) is 2.65. The zero-order valence-corrected chi connectivity index (χ0v) is 12.9. The van der Waals surface area contributed by atoms with Crippen molar-refractivity contribution < 1.29 is 0 Å². The number of rotatable bonds is 7. The maximum absolute atomic E-state index is 2.48. The third kappa shape index (κ3) is 4.11. The maximum atomic E-state index is 2.48. The van der Waals surface area contributed by atoms with Crippen molar-refractivity contribution in [2.24, 2.45) is 35.5 Å². The van der Waals surface area contributed by atoms with Gasteiger partial charge in [-0.1, -0.05) is 68.2 Å². The van der Waals surface area contributed by atoms with Gasteiger partial charge in [-0.2, -0.15) is 0 Å². The van der Waals surface area contributed by atoms with Crippen LogP contribution < -0.4 is 0 Å². The van der Waals surface area contributed by atoms with Crippen LogP contribution in [-0.2, 0) is 0 Å². The van der Waals surface area contributed by atoms with E-state index < -0.39 is 0 Å². The highest BCUT2D eigenvalue weighted by Crippen LogP contribution is 2.39. The van der Waals surface area contributed by atoms with Gasteiger partial charge in [0.05, 0.1) is 0 Å². The van der Waals surface area contributed by atoms with E-state index in [1.54, 1.807) is 0 Å². The van der Waals surface area contributed by atoms with Crippen LogP contribution in [0.25, 0.3) is 0 Å². The Hall–Kier alpha value is 0. The minimum Gasteiger partial charge on any atom is -0.0651 e. The molecule has 0 N–H and O–H groups in total. The number of hydrogen-bond donors (Lipinski definition) is 0. The van der Waals surface area contributed by atoms with Crippen molar-refractivity contribution in [1.82, 2.24) is 0 Å². The van der Waals surface area contributed by atoms with Crippen molar-refractivity contribution >= 4 is 0 Å². The van der Waals surface area contributed by atoms with Crippen LogP contribution in [0.5, 0.6) is 0 Å². The van der Waals surface area contributed by atoms with Gasteiger partial charge in [-0.25, -0.2) is 0 Å². The predicted molar refractivity (Wildman–Crippen MR) is 75.6 cm³/mol. The molecule has 4 unspecified atom stereocenters. The third-order valence-electron chi connectivity index (χ3n) is 4.74. The van der Waals surface area contributed by atoms with E-state index in [1.165, 1.54) is 12.8 Å². The standard InChI is InChI=1S/C16H34/c1-9-13(7)14(8)16(12(5)6)15(10-2)11(3)4/h11-16H,9-10H2,1-8H3. The van der Waals surface area contributed by atoms with Gasteiger partial charge in [0, 0.05) is 0 Å². The molecule has 0 aromatic heterocycles. The van der Waals surface area contributed by atoms with Crippen molar-refractivity contribution in [3.05, 3.63) is 0 Å². The molecule has 0 amide bonds. The molecule has 0 bridgehead atoms. The summed E-state index contributed by atoms with van der Waals surface area (Å²) in [6, 6.07) is 0. The lowest BCUT2D eigenvalue weighted by atomic mass is 9.66. The summed E-state index contributed by atoms with van der Waals surface area (Å²) in [7, 11) is 0. The summed E-state index contributed by atoms with van der Waals surface area (Å²) in [5, 5.41) is 0. The highest BCUT2D eigenvalue weighted by Gasteiger charge is 2.32. The van der Waals surface area contributed by atoms with Gasteiger partial charge in [-0.3, -0.25) is 0 Å². The minimum absolute atomic E-state index is 0.816. The Balaban J connectivity index is 4.83. The SMILES string of the molecule is CCC(C)C(C)C(C(C)C)C(CC)C(C)C. The molecule has 0 spiro atoms. The first-order valence-electron chi connectivity index (χ1n) is 7.36. The molecule has 4 atom stereocenters. The fourth-order valence-corrected chi connectivity index (χ4v) is 3.43. The molecule has 0 heterocycles. The van der Waals surface area contributed by atoms with Crippen molar-refractivity contribution in [3.63, 3.8) is 0 Å². The molecule has 98 valence electrons. The van der Waals surface area contributed by atoms with Crippen LogP contribution in [0.2, 0.25) is 0 Å². The molecule has 0 aliphatic carbocycles. The highest BCUT2D eigenvalue weighted by atomic mass is 14.4. The second-order valence-electron chi connectivity index (χ2n) is 6.38. The van der Waals surface area contributed by atoms with E-state index in [0.29, 0.717) is 0 Å². The van der Waals surface area contributed by atoms with Gasteiger partial charge in [-0.05, 0) is 35.5 Å². The summed E-state index contributed by atoms with van der Waals surface area (Å²) >= 11 is 0. The average Bonchev–Trinajstić information content (AvgIpc) is 2.22. The predicted octanol–water partition coefficient (Wildman–Crippen LogP) is 5.62. The van der Waals surface area contributed by atoms with Gasteiger partial charge < -0.3 is 0 Å². The Bertz CT molecular complexity index is 169. The molecule has 0 aliphatic heterocycles. The second kappa shape index (κ2) is 7.35. The summed E-state index contributed by atoms with van der Waals surface area (Å²) in [4.78, 5) is 0. The van der Waals surface area contributed by atoms with E-state index in [0.717, 1.165) is 35.5 Å². The largest absolute Gasteiger partial charge is 0.0651 e. The third-order valence-corrected chi connectivity index (χ3v) is 4.74. The Morgan fingerprint density at radius 1 is 0.688 bits per heavy atom. The zero-order valence-electron chi connectivity index (χ0n) is 12.9. The Morgan fingerprint density at radius 3 is 1.44 bits per heavy atom. The summed E-state index contributed by atoms with van der Waals surface area (Å²) < 4.78 is 0. The van der Waals surface area contributed by atoms with Crippen molar-refractivity contribution in [1.29, 1.82) is 0 Å². The molecule has 0 aromatic rings. The van der Waals surface area contributed by atoms with Gasteiger partial charge in [0.1, 0.15) is 0 Å². The summed E-state index contributed by atoms with van der Waals surface area (Å²) in [5.41, 5.74) is 0. The van der Waals surface area contributed by atoms with Crippen LogP contribution in [0.1, 0.15) is 68.2 Å².